The molecule has 0 bridgehead atoms. The van der Waals surface area contributed by atoms with Gasteiger partial charge in [0, 0.05) is 16.7 Å². The summed E-state index contributed by atoms with van der Waals surface area (Å²) >= 11 is 0. The lowest BCUT2D eigenvalue weighted by Crippen LogP contribution is -2.41. The van der Waals surface area contributed by atoms with Gasteiger partial charge >= 0.3 is 7.12 Å². The quantitative estimate of drug-likeness (QED) is 0.245. The van der Waals surface area contributed by atoms with Crippen LogP contribution in [0.1, 0.15) is 46.7 Å². The summed E-state index contributed by atoms with van der Waals surface area (Å²) in [5.74, 6) is 0.258. The number of allylic oxidation sites excluding steroid dienone is 4. The van der Waals surface area contributed by atoms with Crippen LogP contribution in [0.25, 0.3) is 39.3 Å². The first-order chi connectivity index (χ1) is 19.2. The van der Waals surface area contributed by atoms with Crippen molar-refractivity contribution in [2.24, 2.45) is 5.92 Å². The van der Waals surface area contributed by atoms with Gasteiger partial charge in [0.15, 0.2) is 0 Å². The van der Waals surface area contributed by atoms with Crippen molar-refractivity contribution >= 4 is 12.7 Å². The number of aromatic nitrogens is 2. The molecule has 0 N–H and O–H groups in total. The zero-order valence-corrected chi connectivity index (χ0v) is 23.9. The highest BCUT2D eigenvalue weighted by atomic mass is 16.7. The number of nitrogens with zero attached hydrogens (tertiary/aromatic N) is 2. The minimum atomic E-state index is -0.419. The lowest BCUT2D eigenvalue weighted by atomic mass is 9.71. The molecule has 1 aliphatic carbocycles. The molecule has 5 heteroatoms. The summed E-state index contributed by atoms with van der Waals surface area (Å²) in [4.78, 5) is 10.8. The molecule has 4 nitrogen and oxygen atoms in total. The Morgan fingerprint density at radius 2 is 1.02 bits per heavy atom. The van der Waals surface area contributed by atoms with Gasteiger partial charge in [0.1, 0.15) is 0 Å². The van der Waals surface area contributed by atoms with Crippen molar-refractivity contribution in [1.82, 2.24) is 9.97 Å². The number of hydrogen-bond acceptors (Lipinski definition) is 4. The molecular weight excluding hydrogens is 491 g/mol. The molecule has 1 unspecified atom stereocenters. The van der Waals surface area contributed by atoms with Gasteiger partial charge < -0.3 is 9.31 Å². The van der Waals surface area contributed by atoms with Crippen LogP contribution >= 0.6 is 0 Å². The maximum atomic E-state index is 6.44. The third-order valence-corrected chi connectivity index (χ3v) is 8.40. The number of rotatable bonds is 5. The monoisotopic (exact) mass is 526 g/mol. The maximum absolute atomic E-state index is 6.44. The van der Waals surface area contributed by atoms with Crippen molar-refractivity contribution in [1.29, 1.82) is 0 Å². The Kier molecular flexibility index (Phi) is 6.81. The van der Waals surface area contributed by atoms with Crippen LogP contribution in [0.15, 0.2) is 109 Å². The molecule has 4 aromatic rings. The van der Waals surface area contributed by atoms with Crippen LogP contribution in [0, 0.1) is 5.92 Å². The standard InChI is InChI=1S/C35H35BN2O2/c1-24-21-22-28(36-39-34(2,3)35(4,5)40-36)23-29(24)33-32(27-19-13-8-14-20-27)37-30(25-15-9-6-10-16-25)31(38-33)26-17-11-7-12-18-26/h6-20,22-24H,21H2,1-5H3. The Morgan fingerprint density at radius 3 is 1.48 bits per heavy atom. The summed E-state index contributed by atoms with van der Waals surface area (Å²) in [6, 6.07) is 31.1. The molecule has 40 heavy (non-hydrogen) atoms. The van der Waals surface area contributed by atoms with Crippen molar-refractivity contribution in [3.05, 3.63) is 114 Å². The van der Waals surface area contributed by atoms with Crippen molar-refractivity contribution in [2.45, 2.75) is 52.2 Å². The second-order valence-electron chi connectivity index (χ2n) is 11.7. The average molecular weight is 526 g/mol. The Labute approximate surface area is 238 Å². The van der Waals surface area contributed by atoms with Crippen LogP contribution in [0.3, 0.4) is 0 Å². The predicted octanol–water partition coefficient (Wildman–Crippen LogP) is 8.46. The van der Waals surface area contributed by atoms with E-state index in [0.29, 0.717) is 0 Å². The fourth-order valence-corrected chi connectivity index (χ4v) is 5.29. The van der Waals surface area contributed by atoms with Crippen LogP contribution < -0.4 is 0 Å². The normalized spacial score (nSPS) is 19.7. The summed E-state index contributed by atoms with van der Waals surface area (Å²) in [7, 11) is -0.419. The minimum absolute atomic E-state index is 0.258. The van der Waals surface area contributed by atoms with E-state index in [0.717, 1.165) is 56.9 Å². The lowest BCUT2D eigenvalue weighted by Gasteiger charge is -2.32. The van der Waals surface area contributed by atoms with E-state index in [-0.39, 0.29) is 5.92 Å². The van der Waals surface area contributed by atoms with Gasteiger partial charge in [-0.3, -0.25) is 0 Å². The predicted molar refractivity (Wildman–Crippen MR) is 164 cm³/mol. The second-order valence-corrected chi connectivity index (χ2v) is 11.7. The fraction of sp³-hybridized carbons (Fsp3) is 0.257. The van der Waals surface area contributed by atoms with Crippen molar-refractivity contribution in [3.63, 3.8) is 0 Å². The topological polar surface area (TPSA) is 44.2 Å². The summed E-state index contributed by atoms with van der Waals surface area (Å²) < 4.78 is 12.9. The fourth-order valence-electron chi connectivity index (χ4n) is 5.29. The van der Waals surface area contributed by atoms with Gasteiger partial charge in [0.05, 0.1) is 34.0 Å². The summed E-state index contributed by atoms with van der Waals surface area (Å²) in [6.45, 7) is 10.6. The van der Waals surface area contributed by atoms with Gasteiger partial charge in [-0.15, -0.1) is 0 Å². The van der Waals surface area contributed by atoms with Gasteiger partial charge in [-0.05, 0) is 51.1 Å². The van der Waals surface area contributed by atoms with E-state index in [1.54, 1.807) is 0 Å². The van der Waals surface area contributed by atoms with E-state index in [1.807, 2.05) is 18.2 Å². The molecule has 0 saturated carbocycles. The molecule has 1 saturated heterocycles. The Balaban J connectivity index is 1.56. The van der Waals surface area contributed by atoms with E-state index in [4.69, 9.17) is 19.3 Å². The Bertz CT molecular complexity index is 1560. The molecule has 1 aromatic heterocycles. The van der Waals surface area contributed by atoms with E-state index < -0.39 is 18.3 Å². The van der Waals surface area contributed by atoms with E-state index in [2.05, 4.69) is 120 Å². The smallest absolute Gasteiger partial charge is 0.399 e. The molecule has 2 heterocycles. The number of hydrogen-bond donors (Lipinski definition) is 0. The molecular formula is C35H35BN2O2. The highest BCUT2D eigenvalue weighted by Gasteiger charge is 2.52. The van der Waals surface area contributed by atoms with Gasteiger partial charge in [0.25, 0.3) is 0 Å². The van der Waals surface area contributed by atoms with Crippen LogP contribution in [-0.2, 0) is 9.31 Å². The third-order valence-electron chi connectivity index (χ3n) is 8.40. The highest BCUT2D eigenvalue weighted by molar-refractivity contribution is 6.56. The van der Waals surface area contributed by atoms with Crippen LogP contribution in [-0.4, -0.2) is 28.3 Å². The van der Waals surface area contributed by atoms with Crippen LogP contribution in [0.4, 0.5) is 0 Å². The zero-order valence-electron chi connectivity index (χ0n) is 23.9. The molecule has 1 atom stereocenters. The van der Waals surface area contributed by atoms with Gasteiger partial charge in [-0.25, -0.2) is 9.97 Å². The molecule has 0 spiro atoms. The molecule has 0 amide bonds. The maximum Gasteiger partial charge on any atom is 0.494 e. The molecule has 0 radical (unpaired) electrons. The third kappa shape index (κ3) is 4.85. The van der Waals surface area contributed by atoms with E-state index >= 15 is 0 Å². The highest BCUT2D eigenvalue weighted by Crippen LogP contribution is 2.43. The molecule has 6 rings (SSSR count). The minimum Gasteiger partial charge on any atom is -0.399 e. The lowest BCUT2D eigenvalue weighted by molar-refractivity contribution is 0.00578. The summed E-state index contributed by atoms with van der Waals surface area (Å²) in [6.07, 6.45) is 5.36. The molecule has 200 valence electrons. The molecule has 1 aliphatic heterocycles. The van der Waals surface area contributed by atoms with Gasteiger partial charge in [-0.1, -0.05) is 110 Å². The molecule has 3 aromatic carbocycles. The van der Waals surface area contributed by atoms with Crippen molar-refractivity contribution in [3.8, 4) is 33.8 Å². The van der Waals surface area contributed by atoms with E-state index in [9.17, 15) is 0 Å². The largest absolute Gasteiger partial charge is 0.494 e. The zero-order chi connectivity index (χ0) is 27.9. The van der Waals surface area contributed by atoms with Gasteiger partial charge in [-0.2, -0.15) is 0 Å². The van der Waals surface area contributed by atoms with Crippen molar-refractivity contribution in [2.75, 3.05) is 0 Å². The first-order valence-electron chi connectivity index (χ1n) is 14.1. The Morgan fingerprint density at radius 1 is 0.625 bits per heavy atom. The summed E-state index contributed by atoms with van der Waals surface area (Å²) in [5.41, 5.74) is 8.05. The van der Waals surface area contributed by atoms with Crippen LogP contribution in [0.2, 0.25) is 0 Å². The second kappa shape index (κ2) is 10.3. The van der Waals surface area contributed by atoms with Crippen LogP contribution in [0.5, 0.6) is 0 Å². The number of benzene rings is 3. The Hall–Kier alpha value is -3.80. The first-order valence-corrected chi connectivity index (χ1v) is 14.1. The summed E-state index contributed by atoms with van der Waals surface area (Å²) in [5, 5.41) is 0. The van der Waals surface area contributed by atoms with E-state index in [1.165, 1.54) is 0 Å². The molecule has 1 fully saturated rings. The van der Waals surface area contributed by atoms with Gasteiger partial charge in [0.2, 0.25) is 0 Å². The average Bonchev–Trinajstić information content (AvgIpc) is 3.20. The molecule has 2 aliphatic rings. The SMILES string of the molecule is CC1CC=C(B2OC(C)(C)C(C)(C)O2)C=C1c1nc(-c2ccccc2)c(-c2ccccc2)nc1-c1ccccc1. The van der Waals surface area contributed by atoms with Crippen molar-refractivity contribution < 1.29 is 9.31 Å². The first kappa shape index (κ1) is 26.4.